The summed E-state index contributed by atoms with van der Waals surface area (Å²) in [5, 5.41) is 2.92. The quantitative estimate of drug-likeness (QED) is 0.786. The molecule has 0 bridgehead atoms. The first kappa shape index (κ1) is 19.0. The van der Waals surface area contributed by atoms with Crippen LogP contribution in [0.25, 0.3) is 0 Å². The second-order valence-corrected chi connectivity index (χ2v) is 5.25. The monoisotopic (exact) mass is 334 g/mol. The Balaban J connectivity index is 0.00000264. The molecule has 1 atom stereocenters. The minimum atomic E-state index is -0.0227. The second-order valence-electron chi connectivity index (χ2n) is 5.25. The lowest BCUT2D eigenvalue weighted by Crippen LogP contribution is -2.13. The van der Waals surface area contributed by atoms with Gasteiger partial charge in [0.1, 0.15) is 0 Å². The maximum Gasteiger partial charge on any atom is 0.224 e. The van der Waals surface area contributed by atoms with Crippen molar-refractivity contribution in [1.82, 2.24) is 0 Å². The lowest BCUT2D eigenvalue weighted by atomic mass is 10.1. The van der Waals surface area contributed by atoms with Crippen molar-refractivity contribution in [2.75, 3.05) is 18.2 Å². The number of anilines is 2. The Morgan fingerprint density at radius 1 is 1.22 bits per heavy atom. The summed E-state index contributed by atoms with van der Waals surface area (Å²) in [6.07, 6.45) is 1.03. The van der Waals surface area contributed by atoms with E-state index in [1.54, 1.807) is 7.11 Å². The average Bonchev–Trinajstić information content (AvgIpc) is 2.53. The number of para-hydroxylation sites is 1. The van der Waals surface area contributed by atoms with Crippen molar-refractivity contribution < 1.29 is 9.53 Å². The van der Waals surface area contributed by atoms with Crippen LogP contribution in [0, 0.1) is 0 Å². The third-order valence-corrected chi connectivity index (χ3v) is 3.67. The van der Waals surface area contributed by atoms with E-state index < -0.39 is 0 Å². The van der Waals surface area contributed by atoms with Crippen molar-refractivity contribution in [3.63, 3.8) is 0 Å². The number of hydrogen-bond donors (Lipinski definition) is 2. The Labute approximate surface area is 143 Å². The third-order valence-electron chi connectivity index (χ3n) is 3.67. The predicted molar refractivity (Wildman–Crippen MR) is 96.9 cm³/mol. The maximum atomic E-state index is 12.1. The fourth-order valence-corrected chi connectivity index (χ4v) is 2.24. The molecule has 0 aliphatic rings. The second kappa shape index (κ2) is 9.18. The molecule has 0 radical (unpaired) electrons. The summed E-state index contributed by atoms with van der Waals surface area (Å²) in [6, 6.07) is 15.3. The lowest BCUT2D eigenvalue weighted by molar-refractivity contribution is -0.116. The molecule has 3 N–H and O–H groups in total. The van der Waals surface area contributed by atoms with Crippen LogP contribution in [0.15, 0.2) is 48.5 Å². The molecule has 0 aromatic heterocycles. The third kappa shape index (κ3) is 5.58. The van der Waals surface area contributed by atoms with Gasteiger partial charge in [0, 0.05) is 24.9 Å². The summed E-state index contributed by atoms with van der Waals surface area (Å²) in [6.45, 7) is 1.97. The molecular weight excluding hydrogens is 312 g/mol. The summed E-state index contributed by atoms with van der Waals surface area (Å²) < 4.78 is 5.29. The number of aryl methyl sites for hydroxylation is 1. The van der Waals surface area contributed by atoms with E-state index in [4.69, 9.17) is 10.5 Å². The van der Waals surface area contributed by atoms with Crippen LogP contribution >= 0.6 is 12.4 Å². The van der Waals surface area contributed by atoms with Crippen molar-refractivity contribution in [3.8, 4) is 0 Å². The summed E-state index contributed by atoms with van der Waals surface area (Å²) in [5.41, 5.74) is 9.43. The van der Waals surface area contributed by atoms with Gasteiger partial charge in [0.15, 0.2) is 0 Å². The van der Waals surface area contributed by atoms with Gasteiger partial charge in [-0.25, -0.2) is 0 Å². The average molecular weight is 335 g/mol. The number of carbonyl (C=O) groups is 1. The van der Waals surface area contributed by atoms with E-state index in [-0.39, 0.29) is 24.4 Å². The minimum Gasteiger partial charge on any atom is -0.399 e. The highest BCUT2D eigenvalue weighted by atomic mass is 35.5. The zero-order valence-corrected chi connectivity index (χ0v) is 14.2. The Morgan fingerprint density at radius 3 is 2.65 bits per heavy atom. The summed E-state index contributed by atoms with van der Waals surface area (Å²) >= 11 is 0. The normalized spacial score (nSPS) is 11.4. The van der Waals surface area contributed by atoms with E-state index >= 15 is 0 Å². The lowest BCUT2D eigenvalue weighted by Gasteiger charge is -2.12. The van der Waals surface area contributed by atoms with Crippen molar-refractivity contribution in [1.29, 1.82) is 0 Å². The molecular formula is C18H23ClN2O2. The number of nitrogens with one attached hydrogen (secondary N) is 1. The molecule has 23 heavy (non-hydrogen) atoms. The smallest absolute Gasteiger partial charge is 0.224 e. The van der Waals surface area contributed by atoms with Crippen LogP contribution in [0.2, 0.25) is 0 Å². The molecule has 0 fully saturated rings. The van der Waals surface area contributed by atoms with E-state index in [0.29, 0.717) is 12.8 Å². The fraction of sp³-hybridized carbons (Fsp3) is 0.278. The van der Waals surface area contributed by atoms with Gasteiger partial charge in [-0.15, -0.1) is 12.4 Å². The van der Waals surface area contributed by atoms with Crippen molar-refractivity contribution in [2.45, 2.75) is 25.9 Å². The van der Waals surface area contributed by atoms with Crippen molar-refractivity contribution >= 4 is 29.7 Å². The van der Waals surface area contributed by atoms with Crippen LogP contribution in [-0.2, 0) is 16.0 Å². The summed E-state index contributed by atoms with van der Waals surface area (Å²) in [4.78, 5) is 12.1. The highest BCUT2D eigenvalue weighted by Gasteiger charge is 2.07. The Kier molecular flexibility index (Phi) is 7.59. The number of ether oxygens (including phenoxy) is 1. The number of methoxy groups -OCH3 is 1. The number of benzene rings is 2. The summed E-state index contributed by atoms with van der Waals surface area (Å²) in [7, 11) is 1.67. The van der Waals surface area contributed by atoms with Gasteiger partial charge in [0.2, 0.25) is 5.91 Å². The molecule has 0 heterocycles. The highest BCUT2D eigenvalue weighted by Crippen LogP contribution is 2.20. The van der Waals surface area contributed by atoms with Crippen LogP contribution < -0.4 is 11.1 Å². The molecule has 0 aliphatic heterocycles. The van der Waals surface area contributed by atoms with E-state index in [2.05, 4.69) is 5.32 Å². The summed E-state index contributed by atoms with van der Waals surface area (Å²) in [5.74, 6) is -0.0227. The largest absolute Gasteiger partial charge is 0.399 e. The van der Waals surface area contributed by atoms with Gasteiger partial charge in [-0.05, 0) is 42.7 Å². The van der Waals surface area contributed by atoms with Gasteiger partial charge in [0.25, 0.3) is 0 Å². The molecule has 2 rings (SSSR count). The number of halogens is 1. The van der Waals surface area contributed by atoms with Crippen LogP contribution in [0.1, 0.15) is 30.6 Å². The number of amides is 1. The SMILES string of the molecule is COC(C)c1cccc(NC(=O)CCc2ccccc2N)c1.Cl. The number of nitrogens with two attached hydrogens (primary N) is 1. The highest BCUT2D eigenvalue weighted by molar-refractivity contribution is 5.91. The van der Waals surface area contributed by atoms with Crippen molar-refractivity contribution in [3.05, 3.63) is 59.7 Å². The molecule has 2 aromatic carbocycles. The first-order valence-electron chi connectivity index (χ1n) is 7.36. The molecule has 0 saturated heterocycles. The van der Waals surface area contributed by atoms with Gasteiger partial charge in [0.05, 0.1) is 6.10 Å². The zero-order valence-electron chi connectivity index (χ0n) is 13.4. The van der Waals surface area contributed by atoms with E-state index in [9.17, 15) is 4.79 Å². The zero-order chi connectivity index (χ0) is 15.9. The minimum absolute atomic E-state index is 0. The van der Waals surface area contributed by atoms with Crippen molar-refractivity contribution in [2.24, 2.45) is 0 Å². The van der Waals surface area contributed by atoms with Gasteiger partial charge in [-0.1, -0.05) is 30.3 Å². The Morgan fingerprint density at radius 2 is 1.96 bits per heavy atom. The molecule has 0 saturated carbocycles. The standard InChI is InChI=1S/C18H22N2O2.ClH/c1-13(22-2)15-7-5-8-16(12-15)20-18(21)11-10-14-6-3-4-9-17(14)19;/h3-9,12-13H,10-11,19H2,1-2H3,(H,20,21);1H. The number of carbonyl (C=O) groups excluding carboxylic acids is 1. The van der Waals surface area contributed by atoms with Crippen LogP contribution in [-0.4, -0.2) is 13.0 Å². The molecule has 2 aromatic rings. The molecule has 5 heteroatoms. The van der Waals surface area contributed by atoms with Gasteiger partial charge in [-0.3, -0.25) is 4.79 Å². The predicted octanol–water partition coefficient (Wildman–Crippen LogP) is 3.97. The molecule has 1 amide bonds. The van der Waals surface area contributed by atoms with Crippen LogP contribution in [0.3, 0.4) is 0 Å². The molecule has 0 aliphatic carbocycles. The number of nitrogen functional groups attached to an aromatic ring is 1. The van der Waals surface area contributed by atoms with E-state index in [1.165, 1.54) is 0 Å². The van der Waals surface area contributed by atoms with Crippen LogP contribution in [0.5, 0.6) is 0 Å². The Hall–Kier alpha value is -2.04. The molecule has 4 nitrogen and oxygen atoms in total. The number of rotatable bonds is 6. The molecule has 124 valence electrons. The topological polar surface area (TPSA) is 64.3 Å². The molecule has 0 spiro atoms. The van der Waals surface area contributed by atoms with E-state index in [1.807, 2.05) is 55.5 Å². The number of hydrogen-bond acceptors (Lipinski definition) is 3. The van der Waals surface area contributed by atoms with Gasteiger partial charge in [-0.2, -0.15) is 0 Å². The molecule has 1 unspecified atom stereocenters. The van der Waals surface area contributed by atoms with E-state index in [0.717, 1.165) is 22.5 Å². The Bertz CT molecular complexity index is 646. The van der Waals surface area contributed by atoms with Gasteiger partial charge >= 0.3 is 0 Å². The van der Waals surface area contributed by atoms with Gasteiger partial charge < -0.3 is 15.8 Å². The fourth-order valence-electron chi connectivity index (χ4n) is 2.24. The maximum absolute atomic E-state index is 12.1. The van der Waals surface area contributed by atoms with Crippen LogP contribution in [0.4, 0.5) is 11.4 Å². The first-order valence-corrected chi connectivity index (χ1v) is 7.36. The first-order chi connectivity index (χ1) is 10.6.